The lowest BCUT2D eigenvalue weighted by molar-refractivity contribution is 0.414. The average Bonchev–Trinajstić information content (AvgIpc) is 3.04. The van der Waals surface area contributed by atoms with Gasteiger partial charge in [-0.15, -0.1) is 0 Å². The summed E-state index contributed by atoms with van der Waals surface area (Å²) in [6.45, 7) is 0. The lowest BCUT2D eigenvalue weighted by Gasteiger charge is -2.03. The van der Waals surface area contributed by atoms with E-state index in [1.54, 1.807) is 37.6 Å². The van der Waals surface area contributed by atoms with Crippen molar-refractivity contribution in [2.24, 2.45) is 0 Å². The Labute approximate surface area is 160 Å². The molecule has 130 valence electrons. The van der Waals surface area contributed by atoms with E-state index in [4.69, 9.17) is 32.5 Å². The second-order valence-electron chi connectivity index (χ2n) is 5.19. The molecule has 7 heteroatoms. The molecule has 1 aromatic heterocycles. The van der Waals surface area contributed by atoms with Crippen molar-refractivity contribution in [3.63, 3.8) is 0 Å². The molecule has 1 N–H and O–H groups in total. The number of methoxy groups -OCH3 is 1. The lowest BCUT2D eigenvalue weighted by Crippen LogP contribution is -1.88. The normalized spacial score (nSPS) is 10.7. The Morgan fingerprint density at radius 1 is 1.15 bits per heavy atom. The summed E-state index contributed by atoms with van der Waals surface area (Å²) >= 11 is 12.4. The van der Waals surface area contributed by atoms with E-state index in [1.807, 2.05) is 24.3 Å². The molecule has 2 aromatic carbocycles. The third-order valence-corrected chi connectivity index (χ3v) is 4.23. The first-order valence-electron chi connectivity index (χ1n) is 7.55. The second kappa shape index (κ2) is 7.96. The van der Waals surface area contributed by atoms with E-state index in [-0.39, 0.29) is 5.56 Å². The van der Waals surface area contributed by atoms with E-state index in [9.17, 15) is 5.26 Å². The van der Waals surface area contributed by atoms with Gasteiger partial charge in [0, 0.05) is 23.5 Å². The fourth-order valence-corrected chi connectivity index (χ4v) is 2.90. The fourth-order valence-electron chi connectivity index (χ4n) is 2.32. The Hall–Kier alpha value is -2.94. The molecule has 1 heterocycles. The number of nitriles is 1. The van der Waals surface area contributed by atoms with Gasteiger partial charge in [0.25, 0.3) is 0 Å². The smallest absolute Gasteiger partial charge is 0.179 e. The molecule has 0 amide bonds. The number of nitrogens with zero attached hydrogens (tertiary/aromatic N) is 2. The van der Waals surface area contributed by atoms with Crippen LogP contribution in [0.1, 0.15) is 11.3 Å². The maximum atomic E-state index is 9.50. The first-order valence-corrected chi connectivity index (χ1v) is 8.31. The van der Waals surface area contributed by atoms with Gasteiger partial charge in [-0.3, -0.25) is 0 Å². The van der Waals surface area contributed by atoms with E-state index < -0.39 is 0 Å². The van der Waals surface area contributed by atoms with Crippen LogP contribution in [0.15, 0.2) is 53.2 Å². The van der Waals surface area contributed by atoms with Gasteiger partial charge in [0.1, 0.15) is 23.1 Å². The minimum absolute atomic E-state index is 0.257. The molecule has 26 heavy (non-hydrogen) atoms. The zero-order valence-corrected chi connectivity index (χ0v) is 15.2. The highest BCUT2D eigenvalue weighted by Crippen LogP contribution is 2.36. The van der Waals surface area contributed by atoms with Gasteiger partial charge in [0.15, 0.2) is 5.76 Å². The first-order chi connectivity index (χ1) is 12.6. The Bertz CT molecular complexity index is 969. The molecule has 0 spiro atoms. The Morgan fingerprint density at radius 3 is 2.46 bits per heavy atom. The summed E-state index contributed by atoms with van der Waals surface area (Å²) in [4.78, 5) is 0. The number of nitrogens with one attached hydrogen (secondary N) is 1. The van der Waals surface area contributed by atoms with Crippen molar-refractivity contribution in [2.45, 2.75) is 0 Å². The van der Waals surface area contributed by atoms with E-state index in [0.717, 1.165) is 11.4 Å². The van der Waals surface area contributed by atoms with Gasteiger partial charge >= 0.3 is 0 Å². The highest BCUT2D eigenvalue weighted by Gasteiger charge is 2.20. The molecule has 0 aliphatic heterocycles. The Balaban J connectivity index is 1.85. The monoisotopic (exact) mass is 385 g/mol. The molecule has 0 unspecified atom stereocenters. The number of halogens is 2. The van der Waals surface area contributed by atoms with E-state index in [2.05, 4.69) is 16.5 Å². The van der Waals surface area contributed by atoms with Crippen LogP contribution in [0.4, 0.5) is 5.69 Å². The molecule has 0 radical (unpaired) electrons. The van der Waals surface area contributed by atoms with Gasteiger partial charge < -0.3 is 14.6 Å². The van der Waals surface area contributed by atoms with Crippen molar-refractivity contribution in [2.75, 3.05) is 12.4 Å². The Morgan fingerprint density at radius 2 is 1.85 bits per heavy atom. The number of anilines is 1. The van der Waals surface area contributed by atoms with Gasteiger partial charge in [-0.1, -0.05) is 34.4 Å². The summed E-state index contributed by atoms with van der Waals surface area (Å²) in [5.41, 5.74) is 1.90. The molecule has 0 atom stereocenters. The molecular formula is C19H13Cl2N3O2. The molecule has 3 rings (SSSR count). The van der Waals surface area contributed by atoms with Gasteiger partial charge in [-0.2, -0.15) is 5.26 Å². The summed E-state index contributed by atoms with van der Waals surface area (Å²) in [7, 11) is 1.61. The van der Waals surface area contributed by atoms with Crippen molar-refractivity contribution in [1.29, 1.82) is 5.26 Å². The van der Waals surface area contributed by atoms with Crippen molar-refractivity contribution in [1.82, 2.24) is 5.16 Å². The van der Waals surface area contributed by atoms with Crippen LogP contribution >= 0.6 is 23.2 Å². The van der Waals surface area contributed by atoms with Crippen LogP contribution in [0.2, 0.25) is 10.0 Å². The van der Waals surface area contributed by atoms with Crippen molar-refractivity contribution in [3.8, 4) is 23.1 Å². The highest BCUT2D eigenvalue weighted by molar-refractivity contribution is 6.39. The van der Waals surface area contributed by atoms with Crippen LogP contribution in [-0.4, -0.2) is 12.3 Å². The number of hydrogen-bond donors (Lipinski definition) is 1. The van der Waals surface area contributed by atoms with Gasteiger partial charge in [0.05, 0.1) is 17.2 Å². The van der Waals surface area contributed by atoms with E-state index in [0.29, 0.717) is 27.1 Å². The van der Waals surface area contributed by atoms with Crippen LogP contribution in [0.3, 0.4) is 0 Å². The number of rotatable bonds is 5. The second-order valence-corrected chi connectivity index (χ2v) is 6.00. The van der Waals surface area contributed by atoms with E-state index in [1.165, 1.54) is 0 Å². The third-order valence-electron chi connectivity index (χ3n) is 3.60. The quantitative estimate of drug-likeness (QED) is 0.617. The zero-order valence-electron chi connectivity index (χ0n) is 13.7. The maximum Gasteiger partial charge on any atom is 0.179 e. The number of aromatic nitrogens is 1. The summed E-state index contributed by atoms with van der Waals surface area (Å²) in [5.74, 6) is 1.07. The summed E-state index contributed by atoms with van der Waals surface area (Å²) < 4.78 is 10.4. The van der Waals surface area contributed by atoms with Gasteiger partial charge in [-0.25, -0.2) is 0 Å². The van der Waals surface area contributed by atoms with Crippen LogP contribution < -0.4 is 10.1 Å². The standard InChI is InChI=1S/C19H13Cl2N3O2/c1-25-13-7-5-12(6-8-13)23-10-9-17-14(11-22)19(24-26-17)18-15(20)3-2-4-16(18)21/h2-10,23H,1H3. The minimum Gasteiger partial charge on any atom is -0.497 e. The predicted octanol–water partition coefficient (Wildman–Crippen LogP) is 5.61. The SMILES string of the molecule is COc1ccc(NC=Cc2onc(-c3c(Cl)cccc3Cl)c2C#N)cc1. The highest BCUT2D eigenvalue weighted by atomic mass is 35.5. The van der Waals surface area contributed by atoms with Crippen molar-refractivity contribution >= 4 is 35.0 Å². The van der Waals surface area contributed by atoms with Crippen LogP contribution in [0, 0.1) is 11.3 Å². The number of ether oxygens (including phenoxy) is 1. The predicted molar refractivity (Wildman–Crippen MR) is 102 cm³/mol. The third kappa shape index (κ3) is 3.67. The molecule has 3 aromatic rings. The van der Waals surface area contributed by atoms with E-state index >= 15 is 0 Å². The summed E-state index contributed by atoms with van der Waals surface area (Å²) in [5, 5.41) is 17.3. The topological polar surface area (TPSA) is 71.1 Å². The fraction of sp³-hybridized carbons (Fsp3) is 0.0526. The molecule has 0 bridgehead atoms. The largest absolute Gasteiger partial charge is 0.497 e. The molecule has 0 fully saturated rings. The molecule has 0 saturated heterocycles. The van der Waals surface area contributed by atoms with Crippen molar-refractivity contribution < 1.29 is 9.26 Å². The van der Waals surface area contributed by atoms with Crippen LogP contribution in [0.5, 0.6) is 5.75 Å². The first kappa shape index (κ1) is 17.9. The average molecular weight is 386 g/mol. The van der Waals surface area contributed by atoms with Gasteiger partial charge in [0.2, 0.25) is 0 Å². The number of hydrogen-bond acceptors (Lipinski definition) is 5. The molecule has 5 nitrogen and oxygen atoms in total. The Kier molecular flexibility index (Phi) is 5.47. The minimum atomic E-state index is 0.257. The zero-order chi connectivity index (χ0) is 18.5. The van der Waals surface area contributed by atoms with Crippen LogP contribution in [-0.2, 0) is 0 Å². The molecule has 0 aliphatic carbocycles. The molecule has 0 aliphatic rings. The summed E-state index contributed by atoms with van der Waals surface area (Å²) in [6.07, 6.45) is 3.27. The lowest BCUT2D eigenvalue weighted by atomic mass is 10.1. The van der Waals surface area contributed by atoms with Crippen LogP contribution in [0.25, 0.3) is 17.3 Å². The van der Waals surface area contributed by atoms with Gasteiger partial charge in [-0.05, 0) is 36.4 Å². The number of benzene rings is 2. The maximum absolute atomic E-state index is 9.50. The molecule has 0 saturated carbocycles. The summed E-state index contributed by atoms with van der Waals surface area (Å²) in [6, 6.07) is 14.6. The van der Waals surface area contributed by atoms with Crippen molar-refractivity contribution in [3.05, 3.63) is 70.0 Å². The molecular weight excluding hydrogens is 373 g/mol.